The minimum absolute atomic E-state index is 0.0471. The summed E-state index contributed by atoms with van der Waals surface area (Å²) in [6.45, 7) is 3.79. The molecule has 2 N–H and O–H groups in total. The average Bonchev–Trinajstić information content (AvgIpc) is 2.33. The highest BCUT2D eigenvalue weighted by Crippen LogP contribution is 2.18. The third-order valence-corrected chi connectivity index (χ3v) is 2.86. The zero-order valence-corrected chi connectivity index (χ0v) is 11.5. The molecule has 0 aliphatic carbocycles. The maximum absolute atomic E-state index is 13.7. The highest BCUT2D eigenvalue weighted by atomic mass is 19.1. The Morgan fingerprint density at radius 3 is 2.50 bits per heavy atom. The van der Waals surface area contributed by atoms with Crippen molar-refractivity contribution in [2.24, 2.45) is 0 Å². The van der Waals surface area contributed by atoms with E-state index in [1.165, 1.54) is 17.0 Å². The van der Waals surface area contributed by atoms with Crippen LogP contribution in [0.3, 0.4) is 0 Å². The summed E-state index contributed by atoms with van der Waals surface area (Å²) >= 11 is 0. The maximum atomic E-state index is 13.7. The molecule has 0 aromatic heterocycles. The van der Waals surface area contributed by atoms with E-state index in [0.29, 0.717) is 6.42 Å². The fraction of sp³-hybridized carbons (Fsp3) is 0.429. The molecule has 6 heteroatoms. The van der Waals surface area contributed by atoms with Crippen molar-refractivity contribution < 1.29 is 24.2 Å². The zero-order valence-electron chi connectivity index (χ0n) is 11.5. The van der Waals surface area contributed by atoms with Gasteiger partial charge in [0.2, 0.25) is 0 Å². The first-order valence-electron chi connectivity index (χ1n) is 6.34. The summed E-state index contributed by atoms with van der Waals surface area (Å²) in [5.41, 5.74) is -0.133. The zero-order chi connectivity index (χ0) is 15.3. The molecule has 0 unspecified atom stereocenters. The molecule has 0 saturated heterocycles. The monoisotopic (exact) mass is 283 g/mol. The normalized spacial score (nSPS) is 10.6. The largest absolute Gasteiger partial charge is 0.508 e. The van der Waals surface area contributed by atoms with Gasteiger partial charge in [-0.2, -0.15) is 0 Å². The quantitative estimate of drug-likeness (QED) is 0.839. The number of benzene rings is 1. The van der Waals surface area contributed by atoms with Crippen molar-refractivity contribution in [3.63, 3.8) is 0 Å². The number of carbonyl (C=O) groups excluding carboxylic acids is 1. The van der Waals surface area contributed by atoms with Gasteiger partial charge in [-0.05, 0) is 32.4 Å². The molecule has 0 aliphatic heterocycles. The van der Waals surface area contributed by atoms with Gasteiger partial charge in [0.25, 0.3) is 5.91 Å². The molecule has 1 aromatic rings. The summed E-state index contributed by atoms with van der Waals surface area (Å²) in [5, 5.41) is 17.7. The molecule has 1 amide bonds. The van der Waals surface area contributed by atoms with E-state index in [0.717, 1.165) is 6.07 Å². The first-order chi connectivity index (χ1) is 9.32. The predicted molar refractivity (Wildman–Crippen MR) is 71.1 cm³/mol. The summed E-state index contributed by atoms with van der Waals surface area (Å²) in [5.74, 6) is -2.49. The number of halogens is 1. The first-order valence-corrected chi connectivity index (χ1v) is 6.34. The van der Waals surface area contributed by atoms with Gasteiger partial charge in [-0.3, -0.25) is 9.59 Å². The molecule has 110 valence electrons. The van der Waals surface area contributed by atoms with Crippen molar-refractivity contribution in [1.29, 1.82) is 0 Å². The van der Waals surface area contributed by atoms with Crippen LogP contribution in [0.2, 0.25) is 0 Å². The molecule has 20 heavy (non-hydrogen) atoms. The highest BCUT2D eigenvalue weighted by Gasteiger charge is 2.21. The summed E-state index contributed by atoms with van der Waals surface area (Å²) in [7, 11) is 0. The van der Waals surface area contributed by atoms with Crippen molar-refractivity contribution in [2.45, 2.75) is 32.7 Å². The number of rotatable bonds is 6. The number of aliphatic carboxylic acids is 1. The van der Waals surface area contributed by atoms with Crippen molar-refractivity contribution in [3.05, 3.63) is 29.6 Å². The standard InChI is InChI=1S/C14H18FNO4/c1-9(2)16(7-3-4-13(18)19)14(20)11-6-5-10(17)8-12(11)15/h5-6,8-9,17H,3-4,7H2,1-2H3,(H,18,19). The lowest BCUT2D eigenvalue weighted by Gasteiger charge is -2.26. The minimum atomic E-state index is -0.933. The third-order valence-electron chi connectivity index (χ3n) is 2.86. The second-order valence-corrected chi connectivity index (χ2v) is 4.75. The van der Waals surface area contributed by atoms with Crippen molar-refractivity contribution in [2.75, 3.05) is 6.54 Å². The van der Waals surface area contributed by atoms with E-state index < -0.39 is 17.7 Å². The van der Waals surface area contributed by atoms with E-state index in [1.54, 1.807) is 13.8 Å². The van der Waals surface area contributed by atoms with E-state index in [9.17, 15) is 14.0 Å². The third kappa shape index (κ3) is 4.22. The number of amides is 1. The predicted octanol–water partition coefficient (Wildman–Crippen LogP) is 2.25. The van der Waals surface area contributed by atoms with Gasteiger partial charge in [0.15, 0.2) is 0 Å². The molecule has 0 atom stereocenters. The minimum Gasteiger partial charge on any atom is -0.508 e. The fourth-order valence-electron chi connectivity index (χ4n) is 1.83. The number of carboxylic acid groups (broad SMARTS) is 1. The molecular formula is C14H18FNO4. The Morgan fingerprint density at radius 1 is 1.35 bits per heavy atom. The molecule has 1 rings (SSSR count). The van der Waals surface area contributed by atoms with E-state index in [2.05, 4.69) is 0 Å². The van der Waals surface area contributed by atoms with Crippen LogP contribution >= 0.6 is 0 Å². The van der Waals surface area contributed by atoms with Crippen LogP contribution in [0.5, 0.6) is 5.75 Å². The molecule has 0 fully saturated rings. The van der Waals surface area contributed by atoms with Crippen LogP contribution in [0.15, 0.2) is 18.2 Å². The number of carboxylic acids is 1. The molecule has 0 heterocycles. The summed E-state index contributed by atoms with van der Waals surface area (Å²) in [6, 6.07) is 3.17. The lowest BCUT2D eigenvalue weighted by atomic mass is 10.1. The number of hydrogen-bond acceptors (Lipinski definition) is 3. The molecular weight excluding hydrogens is 265 g/mol. The number of phenolic OH excluding ortho intramolecular Hbond substituents is 1. The van der Waals surface area contributed by atoms with E-state index >= 15 is 0 Å². The lowest BCUT2D eigenvalue weighted by molar-refractivity contribution is -0.137. The highest BCUT2D eigenvalue weighted by molar-refractivity contribution is 5.94. The Hall–Kier alpha value is -2.11. The van der Waals surface area contributed by atoms with Gasteiger partial charge in [0.1, 0.15) is 11.6 Å². The van der Waals surface area contributed by atoms with Gasteiger partial charge in [-0.15, -0.1) is 0 Å². The first kappa shape index (κ1) is 15.9. The second kappa shape index (κ2) is 6.88. The van der Waals surface area contributed by atoms with Gasteiger partial charge < -0.3 is 15.1 Å². The molecule has 0 bridgehead atoms. The summed E-state index contributed by atoms with van der Waals surface area (Å²) < 4.78 is 13.7. The van der Waals surface area contributed by atoms with Gasteiger partial charge in [0.05, 0.1) is 5.56 Å². The molecule has 0 spiro atoms. The van der Waals surface area contributed by atoms with Gasteiger partial charge in [-0.25, -0.2) is 4.39 Å². The Balaban J connectivity index is 2.85. The van der Waals surface area contributed by atoms with Crippen molar-refractivity contribution in [1.82, 2.24) is 4.90 Å². The van der Waals surface area contributed by atoms with Crippen LogP contribution in [0.4, 0.5) is 4.39 Å². The van der Waals surface area contributed by atoms with Crippen LogP contribution in [-0.2, 0) is 4.79 Å². The molecule has 0 radical (unpaired) electrons. The lowest BCUT2D eigenvalue weighted by Crippen LogP contribution is -2.38. The Morgan fingerprint density at radius 2 is 2.00 bits per heavy atom. The number of hydrogen-bond donors (Lipinski definition) is 2. The number of aromatic hydroxyl groups is 1. The van der Waals surface area contributed by atoms with Crippen LogP contribution in [0, 0.1) is 5.82 Å². The maximum Gasteiger partial charge on any atom is 0.303 e. The Labute approximate surface area is 116 Å². The summed E-state index contributed by atoms with van der Waals surface area (Å²) in [6.07, 6.45) is 0.257. The molecule has 0 saturated carbocycles. The van der Waals surface area contributed by atoms with Crippen LogP contribution in [0.25, 0.3) is 0 Å². The number of nitrogens with zero attached hydrogens (tertiary/aromatic N) is 1. The fourth-order valence-corrected chi connectivity index (χ4v) is 1.83. The second-order valence-electron chi connectivity index (χ2n) is 4.75. The molecule has 0 aliphatic rings. The van der Waals surface area contributed by atoms with Crippen molar-refractivity contribution in [3.8, 4) is 5.75 Å². The average molecular weight is 283 g/mol. The van der Waals surface area contributed by atoms with E-state index in [1.807, 2.05) is 0 Å². The van der Waals surface area contributed by atoms with E-state index in [-0.39, 0.29) is 30.3 Å². The topological polar surface area (TPSA) is 77.8 Å². The number of phenols is 1. The Bertz CT molecular complexity index is 502. The smallest absolute Gasteiger partial charge is 0.303 e. The van der Waals surface area contributed by atoms with Crippen LogP contribution in [-0.4, -0.2) is 39.6 Å². The number of carbonyl (C=O) groups is 2. The van der Waals surface area contributed by atoms with Crippen LogP contribution < -0.4 is 0 Å². The van der Waals surface area contributed by atoms with Crippen LogP contribution in [0.1, 0.15) is 37.0 Å². The van der Waals surface area contributed by atoms with Gasteiger partial charge in [0, 0.05) is 25.1 Å². The van der Waals surface area contributed by atoms with Crippen molar-refractivity contribution >= 4 is 11.9 Å². The Kier molecular flexibility index (Phi) is 5.49. The molecule has 1 aromatic carbocycles. The van der Waals surface area contributed by atoms with Gasteiger partial charge >= 0.3 is 5.97 Å². The molecule has 5 nitrogen and oxygen atoms in total. The SMILES string of the molecule is CC(C)N(CCCC(=O)O)C(=O)c1ccc(O)cc1F. The van der Waals surface area contributed by atoms with E-state index in [4.69, 9.17) is 10.2 Å². The summed E-state index contributed by atoms with van der Waals surface area (Å²) in [4.78, 5) is 24.2. The van der Waals surface area contributed by atoms with Gasteiger partial charge in [-0.1, -0.05) is 0 Å².